The molecule has 0 saturated carbocycles. The van der Waals surface area contributed by atoms with Gasteiger partial charge < -0.3 is 10.2 Å². The average Bonchev–Trinajstić information content (AvgIpc) is 2.72. The van der Waals surface area contributed by atoms with Crippen LogP contribution in [0.4, 0.5) is 4.79 Å². The van der Waals surface area contributed by atoms with Gasteiger partial charge in [0.1, 0.15) is 5.54 Å². The molecule has 4 amide bonds. The first-order valence-corrected chi connectivity index (χ1v) is 4.62. The Hall–Kier alpha value is -1.85. The van der Waals surface area contributed by atoms with Gasteiger partial charge in [0.15, 0.2) is 0 Å². The maximum absolute atomic E-state index is 11.5. The minimum absolute atomic E-state index is 0.218. The van der Waals surface area contributed by atoms with Crippen molar-refractivity contribution < 1.29 is 14.4 Å². The van der Waals surface area contributed by atoms with E-state index in [1.807, 2.05) is 0 Å². The number of amides is 4. The Balaban J connectivity index is 2.15. The molecule has 2 heterocycles. The van der Waals surface area contributed by atoms with Crippen molar-refractivity contribution in [2.75, 3.05) is 13.1 Å². The predicted octanol–water partition coefficient (Wildman–Crippen LogP) is -1.02. The summed E-state index contributed by atoms with van der Waals surface area (Å²) in [4.78, 5) is 35.3. The molecule has 0 aromatic carbocycles. The highest BCUT2D eigenvalue weighted by molar-refractivity contribution is 6.07. The lowest BCUT2D eigenvalue weighted by molar-refractivity contribution is -0.126. The number of nitrogens with zero attached hydrogens (tertiary/aromatic N) is 1. The van der Waals surface area contributed by atoms with Gasteiger partial charge in [0, 0.05) is 6.54 Å². The van der Waals surface area contributed by atoms with Gasteiger partial charge in [0.05, 0.1) is 6.54 Å². The third kappa shape index (κ3) is 1.38. The van der Waals surface area contributed by atoms with Crippen LogP contribution < -0.4 is 10.6 Å². The molecule has 2 rings (SSSR count). The number of imide groups is 1. The number of hydrogen-bond acceptors (Lipinski definition) is 3. The Kier molecular flexibility index (Phi) is 1.99. The van der Waals surface area contributed by atoms with Crippen LogP contribution in [-0.2, 0) is 9.59 Å². The van der Waals surface area contributed by atoms with Crippen molar-refractivity contribution in [3.63, 3.8) is 0 Å². The van der Waals surface area contributed by atoms with Gasteiger partial charge in [0.2, 0.25) is 5.91 Å². The zero-order valence-electron chi connectivity index (χ0n) is 8.08. The first-order valence-electron chi connectivity index (χ1n) is 4.62. The molecule has 2 N–H and O–H groups in total. The molecule has 6 nitrogen and oxygen atoms in total. The third-order valence-corrected chi connectivity index (χ3v) is 2.77. The fourth-order valence-corrected chi connectivity index (χ4v) is 1.94. The van der Waals surface area contributed by atoms with E-state index in [9.17, 15) is 14.4 Å². The summed E-state index contributed by atoms with van der Waals surface area (Å²) < 4.78 is 0. The molecule has 15 heavy (non-hydrogen) atoms. The zero-order valence-corrected chi connectivity index (χ0v) is 8.08. The van der Waals surface area contributed by atoms with Crippen LogP contribution in [0.25, 0.3) is 0 Å². The van der Waals surface area contributed by atoms with Crippen molar-refractivity contribution in [2.24, 2.45) is 0 Å². The lowest BCUT2D eigenvalue weighted by Gasteiger charge is -2.19. The van der Waals surface area contributed by atoms with E-state index in [0.717, 1.165) is 0 Å². The summed E-state index contributed by atoms with van der Waals surface area (Å²) in [7, 11) is 0. The lowest BCUT2D eigenvalue weighted by Crippen LogP contribution is -2.49. The standard InChI is InChI=1S/C9H11N3O3/c1-2-6(13)12-4-3-9(5-12)7(14)10-8(15)11-9/h2H,1,3-5H2,(H2,10,11,14,15). The van der Waals surface area contributed by atoms with Crippen LogP contribution in [0.2, 0.25) is 0 Å². The monoisotopic (exact) mass is 209 g/mol. The van der Waals surface area contributed by atoms with E-state index in [1.54, 1.807) is 0 Å². The molecule has 2 saturated heterocycles. The number of likely N-dealkylation sites (tertiary alicyclic amines) is 1. The minimum atomic E-state index is -0.921. The molecule has 1 atom stereocenters. The molecule has 0 aromatic heterocycles. The quantitative estimate of drug-likeness (QED) is 0.428. The second kappa shape index (κ2) is 3.08. The smallest absolute Gasteiger partial charge is 0.322 e. The topological polar surface area (TPSA) is 78.5 Å². The van der Waals surface area contributed by atoms with E-state index >= 15 is 0 Å². The highest BCUT2D eigenvalue weighted by Gasteiger charge is 2.51. The summed E-state index contributed by atoms with van der Waals surface area (Å²) >= 11 is 0. The molecule has 6 heteroatoms. The molecule has 2 fully saturated rings. The van der Waals surface area contributed by atoms with Crippen molar-refractivity contribution in [3.05, 3.63) is 12.7 Å². The molecule has 0 radical (unpaired) electrons. The Morgan fingerprint density at radius 2 is 2.27 bits per heavy atom. The zero-order chi connectivity index (χ0) is 11.1. The van der Waals surface area contributed by atoms with Crippen LogP contribution in [0, 0.1) is 0 Å². The summed E-state index contributed by atoms with van der Waals surface area (Å²) in [6.07, 6.45) is 1.65. The van der Waals surface area contributed by atoms with E-state index in [-0.39, 0.29) is 18.4 Å². The number of carbonyl (C=O) groups is 3. The van der Waals surface area contributed by atoms with Gasteiger partial charge in [0.25, 0.3) is 5.91 Å². The highest BCUT2D eigenvalue weighted by Crippen LogP contribution is 2.24. The van der Waals surface area contributed by atoms with Crippen molar-refractivity contribution in [1.29, 1.82) is 0 Å². The molecule has 0 aliphatic carbocycles. The molecule has 2 aliphatic rings. The fraction of sp³-hybridized carbons (Fsp3) is 0.444. The largest absolute Gasteiger partial charge is 0.336 e. The van der Waals surface area contributed by atoms with Crippen LogP contribution in [-0.4, -0.2) is 41.4 Å². The van der Waals surface area contributed by atoms with Crippen molar-refractivity contribution in [3.8, 4) is 0 Å². The molecule has 80 valence electrons. The van der Waals surface area contributed by atoms with E-state index < -0.39 is 11.6 Å². The van der Waals surface area contributed by atoms with E-state index in [2.05, 4.69) is 17.2 Å². The van der Waals surface area contributed by atoms with Crippen LogP contribution in [0.1, 0.15) is 6.42 Å². The molecular formula is C9H11N3O3. The van der Waals surface area contributed by atoms with Crippen LogP contribution in [0.15, 0.2) is 12.7 Å². The maximum Gasteiger partial charge on any atom is 0.322 e. The normalized spacial score (nSPS) is 29.2. The van der Waals surface area contributed by atoms with Gasteiger partial charge in [-0.05, 0) is 12.5 Å². The number of carbonyl (C=O) groups excluding carboxylic acids is 3. The molecular weight excluding hydrogens is 198 g/mol. The first-order chi connectivity index (χ1) is 7.07. The lowest BCUT2D eigenvalue weighted by atomic mass is 10.00. The summed E-state index contributed by atoms with van der Waals surface area (Å²) in [6.45, 7) is 4.05. The second-order valence-corrected chi connectivity index (χ2v) is 3.70. The van der Waals surface area contributed by atoms with Gasteiger partial charge in [-0.3, -0.25) is 14.9 Å². The van der Waals surface area contributed by atoms with Gasteiger partial charge in [-0.1, -0.05) is 6.58 Å². The van der Waals surface area contributed by atoms with Crippen LogP contribution in [0.3, 0.4) is 0 Å². The minimum Gasteiger partial charge on any atom is -0.336 e. The number of hydrogen-bond donors (Lipinski definition) is 2. The Labute approximate surface area is 86.3 Å². The summed E-state index contributed by atoms with van der Waals surface area (Å²) in [5.41, 5.74) is -0.921. The highest BCUT2D eigenvalue weighted by atomic mass is 16.2. The predicted molar refractivity (Wildman–Crippen MR) is 50.8 cm³/mol. The molecule has 0 bridgehead atoms. The van der Waals surface area contributed by atoms with E-state index in [1.165, 1.54) is 11.0 Å². The molecule has 1 spiro atoms. The maximum atomic E-state index is 11.5. The van der Waals surface area contributed by atoms with Gasteiger partial charge in [-0.2, -0.15) is 0 Å². The average molecular weight is 209 g/mol. The van der Waals surface area contributed by atoms with Gasteiger partial charge >= 0.3 is 6.03 Å². The Morgan fingerprint density at radius 3 is 2.80 bits per heavy atom. The molecule has 1 unspecified atom stereocenters. The van der Waals surface area contributed by atoms with Crippen LogP contribution in [0.5, 0.6) is 0 Å². The third-order valence-electron chi connectivity index (χ3n) is 2.77. The van der Waals surface area contributed by atoms with Crippen LogP contribution >= 0.6 is 0 Å². The van der Waals surface area contributed by atoms with Crippen molar-refractivity contribution >= 4 is 17.8 Å². The summed E-state index contributed by atoms with van der Waals surface area (Å²) in [5.74, 6) is -0.576. The van der Waals surface area contributed by atoms with Gasteiger partial charge in [-0.25, -0.2) is 4.79 Å². The SMILES string of the molecule is C=CC(=O)N1CCC2(C1)NC(=O)NC2=O. The number of nitrogens with one attached hydrogen (secondary N) is 2. The number of urea groups is 1. The van der Waals surface area contributed by atoms with E-state index in [4.69, 9.17) is 0 Å². The van der Waals surface area contributed by atoms with E-state index in [0.29, 0.717) is 13.0 Å². The van der Waals surface area contributed by atoms with Crippen molar-refractivity contribution in [2.45, 2.75) is 12.0 Å². The number of rotatable bonds is 1. The Morgan fingerprint density at radius 1 is 1.53 bits per heavy atom. The van der Waals surface area contributed by atoms with Gasteiger partial charge in [-0.15, -0.1) is 0 Å². The summed E-state index contributed by atoms with van der Waals surface area (Å²) in [5, 5.41) is 4.73. The molecule has 2 aliphatic heterocycles. The Bertz CT molecular complexity index is 366. The fourth-order valence-electron chi connectivity index (χ4n) is 1.94. The second-order valence-electron chi connectivity index (χ2n) is 3.70. The molecule has 0 aromatic rings. The summed E-state index contributed by atoms with van der Waals surface area (Å²) in [6, 6.07) is -0.493. The first kappa shape index (κ1) is 9.70. The van der Waals surface area contributed by atoms with Crippen molar-refractivity contribution in [1.82, 2.24) is 15.5 Å².